The second-order valence-electron chi connectivity index (χ2n) is 9.20. The van der Waals surface area contributed by atoms with E-state index in [9.17, 15) is 19.5 Å². The molecule has 2 amide bonds. The van der Waals surface area contributed by atoms with Gasteiger partial charge in [0, 0.05) is 37.5 Å². The van der Waals surface area contributed by atoms with E-state index in [0.717, 1.165) is 5.56 Å². The summed E-state index contributed by atoms with van der Waals surface area (Å²) in [7, 11) is 3.27. The Labute approximate surface area is 233 Å². The van der Waals surface area contributed by atoms with E-state index < -0.39 is 5.97 Å². The molecule has 3 aromatic carbocycles. The zero-order valence-electron chi connectivity index (χ0n) is 22.5. The Morgan fingerprint density at radius 3 is 2.12 bits per heavy atom. The van der Waals surface area contributed by atoms with Crippen LogP contribution in [0.1, 0.15) is 32.7 Å². The number of aliphatic carboxylic acids is 1. The molecular formula is C32H31N3O5. The maximum atomic E-state index is 13.9. The molecule has 0 bridgehead atoms. The number of hydrogen-bond acceptors (Lipinski definition) is 5. The van der Waals surface area contributed by atoms with Gasteiger partial charge in [-0.2, -0.15) is 0 Å². The van der Waals surface area contributed by atoms with Crippen LogP contribution in [0.4, 0.5) is 5.69 Å². The number of anilines is 1. The van der Waals surface area contributed by atoms with Crippen LogP contribution in [-0.2, 0) is 11.2 Å². The number of amides is 2. The monoisotopic (exact) mass is 537 g/mol. The third-order valence-electron chi connectivity index (χ3n) is 6.63. The van der Waals surface area contributed by atoms with Crippen molar-refractivity contribution in [1.29, 1.82) is 0 Å². The van der Waals surface area contributed by atoms with Gasteiger partial charge in [-0.25, -0.2) is 0 Å². The molecule has 4 aromatic rings. The molecule has 0 saturated heterocycles. The van der Waals surface area contributed by atoms with Crippen LogP contribution >= 0.6 is 0 Å². The van der Waals surface area contributed by atoms with Gasteiger partial charge in [-0.3, -0.25) is 19.4 Å². The lowest BCUT2D eigenvalue weighted by molar-refractivity contribution is -0.137. The summed E-state index contributed by atoms with van der Waals surface area (Å²) < 4.78 is 5.30. The van der Waals surface area contributed by atoms with Crippen LogP contribution in [0.15, 0.2) is 97.3 Å². The number of pyridine rings is 1. The highest BCUT2D eigenvalue weighted by Crippen LogP contribution is 2.30. The van der Waals surface area contributed by atoms with E-state index >= 15 is 0 Å². The number of carbonyl (C=O) groups excluding carboxylic acids is 2. The normalized spacial score (nSPS) is 10.6. The number of carboxylic acids is 1. The average molecular weight is 538 g/mol. The Morgan fingerprint density at radius 2 is 1.50 bits per heavy atom. The molecule has 0 fully saturated rings. The summed E-state index contributed by atoms with van der Waals surface area (Å²) in [4.78, 5) is 46.1. The van der Waals surface area contributed by atoms with Crippen molar-refractivity contribution in [3.05, 3.63) is 114 Å². The summed E-state index contributed by atoms with van der Waals surface area (Å²) in [5, 5.41) is 9.34. The molecule has 0 aliphatic carbocycles. The fourth-order valence-corrected chi connectivity index (χ4v) is 4.47. The molecule has 0 atom stereocenters. The summed E-state index contributed by atoms with van der Waals surface area (Å²) in [5.74, 6) is -0.820. The molecule has 40 heavy (non-hydrogen) atoms. The van der Waals surface area contributed by atoms with Gasteiger partial charge in [0.15, 0.2) is 0 Å². The third kappa shape index (κ3) is 6.71. The largest absolute Gasteiger partial charge is 0.497 e. The Kier molecular flexibility index (Phi) is 9.25. The smallest absolute Gasteiger partial charge is 0.305 e. The Bertz CT molecular complexity index is 1490. The molecule has 0 unspecified atom stereocenters. The lowest BCUT2D eigenvalue weighted by Gasteiger charge is -2.24. The van der Waals surface area contributed by atoms with E-state index in [2.05, 4.69) is 4.98 Å². The van der Waals surface area contributed by atoms with Crippen molar-refractivity contribution >= 4 is 23.5 Å². The second kappa shape index (κ2) is 13.2. The maximum absolute atomic E-state index is 13.9. The SMILES string of the molecule is COc1cccc(CCN(CCC(=O)O)C(=O)c2ccccc2-c2ccccc2C(=O)N(C)c2cccnc2)c1. The van der Waals surface area contributed by atoms with Gasteiger partial charge in [0.25, 0.3) is 11.8 Å². The van der Waals surface area contributed by atoms with Crippen LogP contribution < -0.4 is 9.64 Å². The van der Waals surface area contributed by atoms with Crippen molar-refractivity contribution in [3.63, 3.8) is 0 Å². The average Bonchev–Trinajstić information content (AvgIpc) is 3.00. The van der Waals surface area contributed by atoms with E-state index in [0.29, 0.717) is 46.7 Å². The van der Waals surface area contributed by atoms with Crippen LogP contribution in [0.25, 0.3) is 11.1 Å². The fraction of sp³-hybridized carbons (Fsp3) is 0.188. The summed E-state index contributed by atoms with van der Waals surface area (Å²) in [5.41, 5.74) is 3.64. The molecule has 0 aliphatic rings. The Hall–Kier alpha value is -4.98. The van der Waals surface area contributed by atoms with Crippen LogP contribution in [-0.4, -0.2) is 60.0 Å². The maximum Gasteiger partial charge on any atom is 0.305 e. The zero-order valence-corrected chi connectivity index (χ0v) is 22.5. The van der Waals surface area contributed by atoms with Crippen molar-refractivity contribution in [3.8, 4) is 16.9 Å². The summed E-state index contributed by atoms with van der Waals surface area (Å²) in [6.07, 6.45) is 3.59. The standard InChI is InChI=1S/C32H31N3O5/c1-34(24-10-8-18-33-22-24)31(38)28-14-5-3-12-26(28)27-13-4-6-15-29(27)32(39)35(20-17-30(36)37)19-16-23-9-7-11-25(21-23)40-2/h3-15,18,21-22H,16-17,19-20H2,1-2H3,(H,36,37). The number of ether oxygens (including phenoxy) is 1. The minimum absolute atomic E-state index is 0.0524. The number of carbonyl (C=O) groups is 3. The molecule has 0 saturated carbocycles. The topological polar surface area (TPSA) is 100 Å². The van der Waals surface area contributed by atoms with Crippen molar-refractivity contribution in [1.82, 2.24) is 9.88 Å². The second-order valence-corrected chi connectivity index (χ2v) is 9.20. The van der Waals surface area contributed by atoms with Gasteiger partial charge >= 0.3 is 5.97 Å². The van der Waals surface area contributed by atoms with Gasteiger partial charge in [0.05, 0.1) is 25.4 Å². The number of benzene rings is 3. The number of aromatic nitrogens is 1. The summed E-state index contributed by atoms with van der Waals surface area (Å²) >= 11 is 0. The highest BCUT2D eigenvalue weighted by molar-refractivity contribution is 6.11. The van der Waals surface area contributed by atoms with Crippen molar-refractivity contribution < 1.29 is 24.2 Å². The highest BCUT2D eigenvalue weighted by Gasteiger charge is 2.24. The van der Waals surface area contributed by atoms with Crippen molar-refractivity contribution in [2.24, 2.45) is 0 Å². The molecular weight excluding hydrogens is 506 g/mol. The predicted molar refractivity (Wildman–Crippen MR) is 154 cm³/mol. The number of nitrogens with zero attached hydrogens (tertiary/aromatic N) is 3. The number of methoxy groups -OCH3 is 1. The first-order valence-corrected chi connectivity index (χ1v) is 12.9. The molecule has 0 radical (unpaired) electrons. The highest BCUT2D eigenvalue weighted by atomic mass is 16.5. The molecule has 1 aromatic heterocycles. The lowest BCUT2D eigenvalue weighted by Crippen LogP contribution is -2.35. The molecule has 8 nitrogen and oxygen atoms in total. The molecule has 4 rings (SSSR count). The summed E-state index contributed by atoms with van der Waals surface area (Å²) in [6, 6.07) is 25.4. The Balaban J connectivity index is 1.67. The van der Waals surface area contributed by atoms with Crippen LogP contribution in [0.2, 0.25) is 0 Å². The van der Waals surface area contributed by atoms with Gasteiger partial charge in [-0.1, -0.05) is 48.5 Å². The van der Waals surface area contributed by atoms with Crippen molar-refractivity contribution in [2.75, 3.05) is 32.1 Å². The van der Waals surface area contributed by atoms with Gasteiger partial charge < -0.3 is 19.6 Å². The van der Waals surface area contributed by atoms with Crippen molar-refractivity contribution in [2.45, 2.75) is 12.8 Å². The van der Waals surface area contributed by atoms with E-state index in [1.807, 2.05) is 42.5 Å². The minimum Gasteiger partial charge on any atom is -0.497 e. The zero-order chi connectivity index (χ0) is 28.5. The first-order chi connectivity index (χ1) is 19.4. The molecule has 1 N–H and O–H groups in total. The van der Waals surface area contributed by atoms with E-state index in [1.165, 1.54) is 4.90 Å². The summed E-state index contributed by atoms with van der Waals surface area (Å²) in [6.45, 7) is 0.370. The molecule has 0 spiro atoms. The van der Waals surface area contributed by atoms with Gasteiger partial charge in [0.2, 0.25) is 0 Å². The van der Waals surface area contributed by atoms with E-state index in [-0.39, 0.29) is 24.8 Å². The van der Waals surface area contributed by atoms with Crippen LogP contribution in [0, 0.1) is 0 Å². The first kappa shape index (κ1) is 28.0. The van der Waals surface area contributed by atoms with Crippen LogP contribution in [0.3, 0.4) is 0 Å². The molecule has 8 heteroatoms. The molecule has 204 valence electrons. The first-order valence-electron chi connectivity index (χ1n) is 12.9. The Morgan fingerprint density at radius 1 is 0.825 bits per heavy atom. The van der Waals surface area contributed by atoms with E-state index in [1.54, 1.807) is 73.9 Å². The predicted octanol–water partition coefficient (Wildman–Crippen LogP) is 5.19. The molecule has 0 aliphatic heterocycles. The van der Waals surface area contributed by atoms with Gasteiger partial charge in [-0.15, -0.1) is 0 Å². The van der Waals surface area contributed by atoms with Gasteiger partial charge in [0.1, 0.15) is 5.75 Å². The fourth-order valence-electron chi connectivity index (χ4n) is 4.47. The van der Waals surface area contributed by atoms with Gasteiger partial charge in [-0.05, 0) is 59.5 Å². The number of hydrogen-bond donors (Lipinski definition) is 1. The minimum atomic E-state index is -0.984. The quantitative estimate of drug-likeness (QED) is 0.283. The number of carboxylic acid groups (broad SMARTS) is 1. The van der Waals surface area contributed by atoms with E-state index in [4.69, 9.17) is 4.74 Å². The molecule has 1 heterocycles. The van der Waals surface area contributed by atoms with Crippen LogP contribution in [0.5, 0.6) is 5.75 Å². The third-order valence-corrected chi connectivity index (χ3v) is 6.63. The lowest BCUT2D eigenvalue weighted by atomic mass is 9.94. The number of rotatable bonds is 11.